The monoisotopic (exact) mass is 461 g/mol. The fourth-order valence-electron chi connectivity index (χ4n) is 3.98. The molecule has 1 aromatic heterocycles. The van der Waals surface area contributed by atoms with Gasteiger partial charge in [0, 0.05) is 0 Å². The molecule has 0 bridgehead atoms. The van der Waals surface area contributed by atoms with E-state index in [1.165, 1.54) is 36.7 Å². The number of carbonyl (C=O) groups excluding carboxylic acids is 4. The first-order valence-electron chi connectivity index (χ1n) is 10.1. The summed E-state index contributed by atoms with van der Waals surface area (Å²) in [6.45, 7) is -0.633. The Morgan fingerprint density at radius 1 is 0.824 bits per heavy atom. The van der Waals surface area contributed by atoms with E-state index in [-0.39, 0.29) is 35.3 Å². The highest BCUT2D eigenvalue weighted by molar-refractivity contribution is 6.21. The van der Waals surface area contributed by atoms with E-state index in [0.29, 0.717) is 5.06 Å². The van der Waals surface area contributed by atoms with Crippen LogP contribution in [0.1, 0.15) is 41.4 Å². The van der Waals surface area contributed by atoms with Crippen molar-refractivity contribution in [2.45, 2.75) is 12.6 Å². The highest BCUT2D eigenvalue weighted by Crippen LogP contribution is 2.27. The van der Waals surface area contributed by atoms with E-state index in [1.54, 1.807) is 24.3 Å². The summed E-state index contributed by atoms with van der Waals surface area (Å²) in [6, 6.07) is 12.4. The summed E-state index contributed by atoms with van der Waals surface area (Å²) >= 11 is 0. The Labute approximate surface area is 191 Å². The van der Waals surface area contributed by atoms with Crippen LogP contribution in [0.4, 0.5) is 5.95 Å². The van der Waals surface area contributed by atoms with Crippen molar-refractivity contribution in [2.24, 2.45) is 0 Å². The minimum Gasteiger partial charge on any atom is -0.390 e. The predicted octanol–water partition coefficient (Wildman–Crippen LogP) is 1.68. The average Bonchev–Trinajstić information content (AvgIpc) is 3.47. The largest absolute Gasteiger partial charge is 0.434 e. The molecule has 0 saturated heterocycles. The van der Waals surface area contributed by atoms with Gasteiger partial charge in [-0.1, -0.05) is 29.2 Å². The molecule has 3 aromatic rings. The maximum absolute atomic E-state index is 12.8. The number of aromatic nitrogens is 2. The van der Waals surface area contributed by atoms with Crippen LogP contribution < -0.4 is 0 Å². The van der Waals surface area contributed by atoms with Gasteiger partial charge in [-0.2, -0.15) is 0 Å². The predicted molar refractivity (Wildman–Crippen MR) is 113 cm³/mol. The first kappa shape index (κ1) is 21.2. The molecule has 2 aliphatic heterocycles. The van der Waals surface area contributed by atoms with Gasteiger partial charge in [-0.05, 0) is 29.2 Å². The van der Waals surface area contributed by atoms with E-state index >= 15 is 0 Å². The molecule has 4 amide bonds. The van der Waals surface area contributed by atoms with Gasteiger partial charge in [0.15, 0.2) is 0 Å². The summed E-state index contributed by atoms with van der Waals surface area (Å²) in [4.78, 5) is 72.1. The SMILES string of the molecule is O=C1c2ccccc2C(=O)N1C[C@H](Cn1ccnc1[N+](=O)[O-])ON1C(=O)c2ccccc2C1=O. The van der Waals surface area contributed by atoms with Crippen LogP contribution in [0.2, 0.25) is 0 Å². The topological polar surface area (TPSA) is 145 Å². The Balaban J connectivity index is 1.45. The van der Waals surface area contributed by atoms with Gasteiger partial charge in [0.25, 0.3) is 23.6 Å². The Bertz CT molecular complexity index is 1230. The van der Waals surface area contributed by atoms with Crippen LogP contribution in [-0.2, 0) is 11.4 Å². The Kier molecular flexibility index (Phi) is 4.98. The van der Waals surface area contributed by atoms with Crippen LogP contribution in [0.15, 0.2) is 60.9 Å². The molecule has 0 fully saturated rings. The van der Waals surface area contributed by atoms with Gasteiger partial charge in [-0.15, -0.1) is 5.06 Å². The minimum absolute atomic E-state index is 0.139. The fourth-order valence-corrected chi connectivity index (χ4v) is 3.98. The molecule has 170 valence electrons. The van der Waals surface area contributed by atoms with E-state index in [9.17, 15) is 29.3 Å². The molecule has 12 heteroatoms. The van der Waals surface area contributed by atoms with Crippen LogP contribution in [0.3, 0.4) is 0 Å². The Morgan fingerprint density at radius 3 is 1.82 bits per heavy atom. The third-order valence-corrected chi connectivity index (χ3v) is 5.53. The second kappa shape index (κ2) is 8.01. The number of hydrogen-bond donors (Lipinski definition) is 0. The Morgan fingerprint density at radius 2 is 1.32 bits per heavy atom. The molecular weight excluding hydrogens is 446 g/mol. The van der Waals surface area contributed by atoms with Gasteiger partial charge in [-0.3, -0.25) is 28.9 Å². The number of hydroxylamine groups is 2. The number of imidazole rings is 1. The first-order chi connectivity index (χ1) is 16.4. The molecular formula is C22H15N5O7. The number of carbonyl (C=O) groups is 4. The van der Waals surface area contributed by atoms with Crippen molar-refractivity contribution in [1.82, 2.24) is 19.5 Å². The molecule has 0 radical (unpaired) electrons. The van der Waals surface area contributed by atoms with Gasteiger partial charge >= 0.3 is 5.95 Å². The van der Waals surface area contributed by atoms with E-state index in [4.69, 9.17) is 4.84 Å². The summed E-state index contributed by atoms with van der Waals surface area (Å²) in [5, 5.41) is 11.9. The number of benzene rings is 2. The molecule has 0 saturated carbocycles. The fraction of sp³-hybridized carbons (Fsp3) is 0.136. The molecule has 0 spiro atoms. The summed E-state index contributed by atoms with van der Waals surface area (Å²) in [7, 11) is 0. The summed E-state index contributed by atoms with van der Waals surface area (Å²) in [5.74, 6) is -3.08. The van der Waals surface area contributed by atoms with Crippen molar-refractivity contribution in [3.8, 4) is 0 Å². The molecule has 2 aliphatic rings. The van der Waals surface area contributed by atoms with Crippen molar-refractivity contribution in [1.29, 1.82) is 0 Å². The third kappa shape index (κ3) is 3.33. The lowest BCUT2D eigenvalue weighted by Crippen LogP contribution is -2.44. The summed E-state index contributed by atoms with van der Waals surface area (Å²) in [5.41, 5.74) is 0.697. The molecule has 1 atom stereocenters. The number of imide groups is 2. The molecule has 0 N–H and O–H groups in total. The zero-order chi connectivity index (χ0) is 24.0. The van der Waals surface area contributed by atoms with Crippen LogP contribution in [0.5, 0.6) is 0 Å². The van der Waals surface area contributed by atoms with Crippen LogP contribution in [-0.4, -0.2) is 60.7 Å². The van der Waals surface area contributed by atoms with Crippen molar-refractivity contribution < 1.29 is 28.9 Å². The maximum atomic E-state index is 12.8. The molecule has 5 rings (SSSR count). The van der Waals surface area contributed by atoms with Gasteiger partial charge in [0.2, 0.25) is 0 Å². The van der Waals surface area contributed by atoms with Crippen molar-refractivity contribution in [3.63, 3.8) is 0 Å². The quantitative estimate of drug-likeness (QED) is 0.294. The normalized spacial score (nSPS) is 15.6. The van der Waals surface area contributed by atoms with Crippen LogP contribution >= 0.6 is 0 Å². The van der Waals surface area contributed by atoms with Gasteiger partial charge in [0.05, 0.1) is 28.8 Å². The van der Waals surface area contributed by atoms with Crippen LogP contribution in [0, 0.1) is 10.1 Å². The third-order valence-electron chi connectivity index (χ3n) is 5.53. The second-order valence-corrected chi connectivity index (χ2v) is 7.58. The van der Waals surface area contributed by atoms with E-state index in [1.807, 2.05) is 0 Å². The van der Waals surface area contributed by atoms with E-state index in [2.05, 4.69) is 4.98 Å². The number of fused-ring (bicyclic) bond motifs is 2. The number of nitrogens with zero attached hydrogens (tertiary/aromatic N) is 5. The lowest BCUT2D eigenvalue weighted by Gasteiger charge is -2.25. The lowest BCUT2D eigenvalue weighted by molar-refractivity contribution is -0.397. The molecule has 0 aliphatic carbocycles. The highest BCUT2D eigenvalue weighted by Gasteiger charge is 2.41. The van der Waals surface area contributed by atoms with E-state index in [0.717, 1.165) is 9.47 Å². The maximum Gasteiger partial charge on any atom is 0.434 e. The smallest absolute Gasteiger partial charge is 0.390 e. The first-order valence-corrected chi connectivity index (χ1v) is 10.1. The summed E-state index contributed by atoms with van der Waals surface area (Å²) in [6.07, 6.45) is 1.34. The highest BCUT2D eigenvalue weighted by atomic mass is 16.7. The molecule has 12 nitrogen and oxygen atoms in total. The van der Waals surface area contributed by atoms with Gasteiger partial charge < -0.3 is 10.1 Å². The number of rotatable bonds is 7. The zero-order valence-corrected chi connectivity index (χ0v) is 17.4. The lowest BCUT2D eigenvalue weighted by atomic mass is 10.1. The Hall–Kier alpha value is -4.71. The average molecular weight is 461 g/mol. The zero-order valence-electron chi connectivity index (χ0n) is 17.4. The van der Waals surface area contributed by atoms with Crippen LogP contribution in [0.25, 0.3) is 0 Å². The second-order valence-electron chi connectivity index (χ2n) is 7.58. The van der Waals surface area contributed by atoms with E-state index < -0.39 is 40.6 Å². The van der Waals surface area contributed by atoms with Crippen molar-refractivity contribution >= 4 is 29.6 Å². The number of hydrogen-bond acceptors (Lipinski definition) is 8. The van der Waals surface area contributed by atoms with Crippen molar-refractivity contribution in [2.75, 3.05) is 6.54 Å². The van der Waals surface area contributed by atoms with Gasteiger partial charge in [0.1, 0.15) is 25.0 Å². The molecule has 0 unspecified atom stereocenters. The molecule has 3 heterocycles. The standard InChI is InChI=1S/C22H15N5O7/c28-18-14-5-1-2-6-15(14)19(29)25(18)12-13(11-24-10-9-23-22(24)27(32)33)34-26-20(30)16-7-3-4-8-17(16)21(26)31/h1-10,13H,11-12H2/t13-/m0/s1. The molecule has 2 aromatic carbocycles. The number of amides is 4. The molecule has 34 heavy (non-hydrogen) atoms. The minimum atomic E-state index is -1.18. The number of nitro groups is 1. The summed E-state index contributed by atoms with van der Waals surface area (Å²) < 4.78 is 1.14. The van der Waals surface area contributed by atoms with Crippen molar-refractivity contribution in [3.05, 3.63) is 93.3 Å². The van der Waals surface area contributed by atoms with Gasteiger partial charge in [-0.25, -0.2) is 4.57 Å².